The topological polar surface area (TPSA) is 76.0 Å². The van der Waals surface area contributed by atoms with E-state index in [1.165, 1.54) is 7.11 Å². The SMILES string of the molecule is CCCCC=C[C@@H](O)[C@@H]1OC(=O)[C@H](OC)[C@@H]1O. The number of hydrogen-bond acceptors (Lipinski definition) is 5. The zero-order valence-corrected chi connectivity index (χ0v) is 10.2. The van der Waals surface area contributed by atoms with Gasteiger partial charge in [0.25, 0.3) is 0 Å². The Kier molecular flexibility index (Phi) is 5.61. The van der Waals surface area contributed by atoms with Crippen LogP contribution in [0.4, 0.5) is 0 Å². The zero-order chi connectivity index (χ0) is 12.8. The van der Waals surface area contributed by atoms with Gasteiger partial charge in [-0.2, -0.15) is 0 Å². The van der Waals surface area contributed by atoms with Crippen LogP contribution in [0.1, 0.15) is 26.2 Å². The summed E-state index contributed by atoms with van der Waals surface area (Å²) in [5, 5.41) is 19.5. The fourth-order valence-corrected chi connectivity index (χ4v) is 1.76. The smallest absolute Gasteiger partial charge is 0.338 e. The molecule has 0 aliphatic carbocycles. The summed E-state index contributed by atoms with van der Waals surface area (Å²) in [4.78, 5) is 11.3. The highest BCUT2D eigenvalue weighted by Gasteiger charge is 2.46. The second kappa shape index (κ2) is 6.74. The number of aliphatic hydroxyl groups is 2. The molecule has 0 aromatic heterocycles. The first-order valence-electron chi connectivity index (χ1n) is 5.87. The van der Waals surface area contributed by atoms with Gasteiger partial charge in [-0.05, 0) is 6.42 Å². The molecule has 0 aromatic carbocycles. The first-order valence-corrected chi connectivity index (χ1v) is 5.87. The van der Waals surface area contributed by atoms with E-state index in [1.54, 1.807) is 6.08 Å². The van der Waals surface area contributed by atoms with E-state index in [-0.39, 0.29) is 0 Å². The first kappa shape index (κ1) is 14.2. The van der Waals surface area contributed by atoms with Crippen molar-refractivity contribution in [2.24, 2.45) is 0 Å². The van der Waals surface area contributed by atoms with Crippen LogP contribution in [0.5, 0.6) is 0 Å². The van der Waals surface area contributed by atoms with Crippen molar-refractivity contribution in [1.82, 2.24) is 0 Å². The predicted molar refractivity (Wildman–Crippen MR) is 61.4 cm³/mol. The molecule has 0 aromatic rings. The second-order valence-electron chi connectivity index (χ2n) is 4.11. The maximum atomic E-state index is 11.3. The third kappa shape index (κ3) is 3.52. The van der Waals surface area contributed by atoms with E-state index >= 15 is 0 Å². The van der Waals surface area contributed by atoms with Gasteiger partial charge in [0, 0.05) is 7.11 Å². The first-order chi connectivity index (χ1) is 8.11. The molecule has 17 heavy (non-hydrogen) atoms. The Labute approximate surface area is 101 Å². The molecule has 0 radical (unpaired) electrons. The van der Waals surface area contributed by atoms with Crippen molar-refractivity contribution >= 4 is 5.97 Å². The van der Waals surface area contributed by atoms with Gasteiger partial charge >= 0.3 is 5.97 Å². The minimum Gasteiger partial charge on any atom is -0.454 e. The lowest BCUT2D eigenvalue weighted by molar-refractivity contribution is -0.150. The Balaban J connectivity index is 2.50. The van der Waals surface area contributed by atoms with E-state index in [9.17, 15) is 15.0 Å². The number of rotatable bonds is 6. The number of hydrogen-bond donors (Lipinski definition) is 2. The Bertz CT molecular complexity index is 276. The lowest BCUT2D eigenvalue weighted by Gasteiger charge is -2.17. The molecule has 0 amide bonds. The minimum absolute atomic E-state index is 0.633. The van der Waals surface area contributed by atoms with E-state index in [1.807, 2.05) is 6.08 Å². The van der Waals surface area contributed by atoms with Crippen LogP contribution in [0, 0.1) is 0 Å². The molecule has 5 nitrogen and oxygen atoms in total. The quantitative estimate of drug-likeness (QED) is 0.402. The molecular weight excluding hydrogens is 224 g/mol. The van der Waals surface area contributed by atoms with Crippen LogP contribution in [-0.2, 0) is 14.3 Å². The summed E-state index contributed by atoms with van der Waals surface area (Å²) in [5.41, 5.74) is 0. The highest BCUT2D eigenvalue weighted by Crippen LogP contribution is 2.21. The number of allylic oxidation sites excluding steroid dienone is 1. The molecule has 1 fully saturated rings. The van der Waals surface area contributed by atoms with Crippen LogP contribution in [0.15, 0.2) is 12.2 Å². The fourth-order valence-electron chi connectivity index (χ4n) is 1.76. The standard InChI is InChI=1S/C12H20O5/c1-3-4-5-6-7-8(13)10-9(14)11(16-2)12(15)17-10/h6-11,13-14H,3-5H2,1-2H3/t8-,9-,10+,11-/m1/s1. The molecule has 0 saturated carbocycles. The van der Waals surface area contributed by atoms with Crippen molar-refractivity contribution < 1.29 is 24.5 Å². The van der Waals surface area contributed by atoms with Crippen molar-refractivity contribution in [2.45, 2.75) is 50.6 Å². The van der Waals surface area contributed by atoms with Gasteiger partial charge < -0.3 is 19.7 Å². The van der Waals surface area contributed by atoms with Crippen molar-refractivity contribution in [1.29, 1.82) is 0 Å². The Hall–Kier alpha value is -0.910. The number of carbonyl (C=O) groups is 1. The van der Waals surface area contributed by atoms with Crippen LogP contribution < -0.4 is 0 Å². The van der Waals surface area contributed by atoms with E-state index in [4.69, 9.17) is 9.47 Å². The normalized spacial score (nSPS) is 30.8. The van der Waals surface area contributed by atoms with Crippen LogP contribution in [0.2, 0.25) is 0 Å². The summed E-state index contributed by atoms with van der Waals surface area (Å²) in [6.07, 6.45) is 2.29. The third-order valence-corrected chi connectivity index (χ3v) is 2.78. The van der Waals surface area contributed by atoms with Gasteiger partial charge in [0.05, 0.1) is 0 Å². The molecule has 1 aliphatic heterocycles. The molecule has 1 heterocycles. The highest BCUT2D eigenvalue weighted by atomic mass is 16.6. The van der Waals surface area contributed by atoms with Gasteiger partial charge in [0.2, 0.25) is 0 Å². The van der Waals surface area contributed by atoms with Crippen molar-refractivity contribution in [3.8, 4) is 0 Å². The van der Waals surface area contributed by atoms with Gasteiger partial charge in [0.1, 0.15) is 12.2 Å². The molecule has 1 rings (SSSR count). The molecule has 0 unspecified atom stereocenters. The van der Waals surface area contributed by atoms with Crippen molar-refractivity contribution in [3.05, 3.63) is 12.2 Å². The molecule has 0 spiro atoms. The zero-order valence-electron chi connectivity index (χ0n) is 10.2. The van der Waals surface area contributed by atoms with E-state index in [0.29, 0.717) is 0 Å². The number of carbonyl (C=O) groups excluding carboxylic acids is 1. The Morgan fingerprint density at radius 2 is 2.29 bits per heavy atom. The maximum Gasteiger partial charge on any atom is 0.338 e. The summed E-state index contributed by atoms with van der Waals surface area (Å²) in [5.74, 6) is -0.633. The average molecular weight is 244 g/mol. The van der Waals surface area contributed by atoms with Gasteiger partial charge in [-0.25, -0.2) is 4.79 Å². The van der Waals surface area contributed by atoms with Gasteiger partial charge in [-0.1, -0.05) is 31.9 Å². The third-order valence-electron chi connectivity index (χ3n) is 2.78. The summed E-state index contributed by atoms with van der Waals surface area (Å²) < 4.78 is 9.68. The number of aliphatic hydroxyl groups excluding tert-OH is 2. The van der Waals surface area contributed by atoms with E-state index in [2.05, 4.69) is 6.92 Å². The van der Waals surface area contributed by atoms with Crippen molar-refractivity contribution in [3.63, 3.8) is 0 Å². The molecular formula is C12H20O5. The average Bonchev–Trinajstić information content (AvgIpc) is 2.60. The highest BCUT2D eigenvalue weighted by molar-refractivity contribution is 5.78. The summed E-state index contributed by atoms with van der Waals surface area (Å²) in [6, 6.07) is 0. The van der Waals surface area contributed by atoms with Gasteiger partial charge in [-0.15, -0.1) is 0 Å². The lowest BCUT2D eigenvalue weighted by Crippen LogP contribution is -2.38. The molecule has 1 saturated heterocycles. The van der Waals surface area contributed by atoms with E-state index < -0.39 is 30.4 Å². The van der Waals surface area contributed by atoms with Crippen LogP contribution in [-0.4, -0.2) is 47.7 Å². The van der Waals surface area contributed by atoms with Crippen LogP contribution in [0.3, 0.4) is 0 Å². The summed E-state index contributed by atoms with van der Waals surface area (Å²) >= 11 is 0. The molecule has 0 bridgehead atoms. The number of methoxy groups -OCH3 is 1. The summed E-state index contributed by atoms with van der Waals surface area (Å²) in [6.45, 7) is 2.08. The minimum atomic E-state index is -1.13. The fraction of sp³-hybridized carbons (Fsp3) is 0.750. The van der Waals surface area contributed by atoms with Gasteiger partial charge in [-0.3, -0.25) is 0 Å². The summed E-state index contributed by atoms with van der Waals surface area (Å²) in [7, 11) is 1.32. The molecule has 2 N–H and O–H groups in total. The number of unbranched alkanes of at least 4 members (excludes halogenated alkanes) is 2. The number of esters is 1. The predicted octanol–water partition coefficient (Wildman–Crippen LogP) is 0.395. The second-order valence-corrected chi connectivity index (χ2v) is 4.11. The lowest BCUT2D eigenvalue weighted by atomic mass is 10.1. The molecule has 5 heteroatoms. The van der Waals surface area contributed by atoms with Crippen molar-refractivity contribution in [2.75, 3.05) is 7.11 Å². The van der Waals surface area contributed by atoms with Crippen LogP contribution in [0.25, 0.3) is 0 Å². The largest absolute Gasteiger partial charge is 0.454 e. The maximum absolute atomic E-state index is 11.3. The van der Waals surface area contributed by atoms with Gasteiger partial charge in [0.15, 0.2) is 12.2 Å². The molecule has 1 aliphatic rings. The molecule has 98 valence electrons. The number of cyclic esters (lactones) is 1. The van der Waals surface area contributed by atoms with Crippen LogP contribution >= 0.6 is 0 Å². The monoisotopic (exact) mass is 244 g/mol. The molecule has 4 atom stereocenters. The van der Waals surface area contributed by atoms with E-state index in [0.717, 1.165) is 19.3 Å². The Morgan fingerprint density at radius 1 is 1.59 bits per heavy atom. The Morgan fingerprint density at radius 3 is 2.82 bits per heavy atom. The number of ether oxygens (including phenoxy) is 2.